The molecule has 3 unspecified atom stereocenters. The topological polar surface area (TPSA) is 55.3 Å². The minimum atomic E-state index is 0.0553. The molecule has 0 saturated carbocycles. The summed E-state index contributed by atoms with van der Waals surface area (Å²) in [6.07, 6.45) is 8.05. The Morgan fingerprint density at radius 3 is 2.86 bits per heavy atom. The minimum Gasteiger partial charge on any atom is -0.373 e. The summed E-state index contributed by atoms with van der Waals surface area (Å²) in [5.41, 5.74) is 0.796. The summed E-state index contributed by atoms with van der Waals surface area (Å²) in [4.78, 5) is 12.6. The second-order valence-corrected chi connectivity index (χ2v) is 6.47. The number of amides is 1. The number of rotatable bonds is 3. The van der Waals surface area contributed by atoms with Crippen molar-refractivity contribution in [2.24, 2.45) is 0 Å². The molecule has 4 heterocycles. The second-order valence-electron chi connectivity index (χ2n) is 6.47. The lowest BCUT2D eigenvalue weighted by molar-refractivity contribution is 0.0832. The quantitative estimate of drug-likeness (QED) is 0.886. The first-order chi connectivity index (χ1) is 10.3. The fraction of sp³-hybridized carbons (Fsp3) is 0.688. The van der Waals surface area contributed by atoms with Crippen LogP contribution in [0.1, 0.15) is 48.6 Å². The average Bonchev–Trinajstić information content (AvgIpc) is 3.24. The molecule has 1 aromatic heterocycles. The predicted molar refractivity (Wildman–Crippen MR) is 79.3 cm³/mol. The first kappa shape index (κ1) is 13.3. The smallest absolute Gasteiger partial charge is 0.268 e. The van der Waals surface area contributed by atoms with Crippen LogP contribution in [0.2, 0.25) is 0 Å². The number of piperidine rings is 1. The average molecular weight is 289 g/mol. The van der Waals surface area contributed by atoms with Gasteiger partial charge in [0.05, 0.1) is 18.2 Å². The van der Waals surface area contributed by atoms with E-state index >= 15 is 0 Å². The third kappa shape index (κ3) is 2.49. The maximum atomic E-state index is 12.6. The largest absolute Gasteiger partial charge is 0.373 e. The van der Waals surface area contributed by atoms with Gasteiger partial charge in [-0.25, -0.2) is 0 Å². The van der Waals surface area contributed by atoms with Gasteiger partial charge in [0.2, 0.25) is 0 Å². The van der Waals surface area contributed by atoms with Crippen LogP contribution in [0, 0.1) is 0 Å². The van der Waals surface area contributed by atoms with Gasteiger partial charge in [-0.1, -0.05) is 0 Å². The van der Waals surface area contributed by atoms with Crippen LogP contribution in [0.4, 0.5) is 0 Å². The lowest BCUT2D eigenvalue weighted by Crippen LogP contribution is -2.42. The predicted octanol–water partition coefficient (Wildman–Crippen LogP) is 1.46. The van der Waals surface area contributed by atoms with Crippen molar-refractivity contribution in [1.82, 2.24) is 15.2 Å². The maximum Gasteiger partial charge on any atom is 0.268 e. The van der Waals surface area contributed by atoms with Crippen LogP contribution in [0.3, 0.4) is 0 Å². The zero-order valence-electron chi connectivity index (χ0n) is 12.3. The van der Waals surface area contributed by atoms with Crippen molar-refractivity contribution in [2.45, 2.75) is 56.4 Å². The fourth-order valence-corrected chi connectivity index (χ4v) is 4.02. The van der Waals surface area contributed by atoms with Crippen LogP contribution < -0.4 is 10.6 Å². The SMILES string of the molecule is O=C(NC1CC2CCC1O2)c1cccn1C1CCNCC1. The van der Waals surface area contributed by atoms with Gasteiger partial charge in [0.1, 0.15) is 5.69 Å². The van der Waals surface area contributed by atoms with Gasteiger partial charge in [0, 0.05) is 12.2 Å². The highest BCUT2D eigenvalue weighted by molar-refractivity contribution is 5.93. The molecule has 0 aromatic carbocycles. The number of carbonyl (C=O) groups excluding carboxylic acids is 1. The second kappa shape index (κ2) is 5.46. The highest BCUT2D eigenvalue weighted by Crippen LogP contribution is 2.34. The molecule has 0 aliphatic carbocycles. The summed E-state index contributed by atoms with van der Waals surface area (Å²) < 4.78 is 7.98. The molecule has 3 saturated heterocycles. The van der Waals surface area contributed by atoms with Crippen molar-refractivity contribution in [3.8, 4) is 0 Å². The molecule has 3 aliphatic heterocycles. The third-order valence-corrected chi connectivity index (χ3v) is 5.14. The number of ether oxygens (including phenoxy) is 1. The molecule has 4 rings (SSSR count). The van der Waals surface area contributed by atoms with E-state index in [0.29, 0.717) is 12.1 Å². The summed E-state index contributed by atoms with van der Waals surface area (Å²) in [5, 5.41) is 6.56. The van der Waals surface area contributed by atoms with E-state index in [-0.39, 0.29) is 18.1 Å². The van der Waals surface area contributed by atoms with Gasteiger partial charge in [-0.05, 0) is 57.3 Å². The van der Waals surface area contributed by atoms with Crippen molar-refractivity contribution in [1.29, 1.82) is 0 Å². The Bertz CT molecular complexity index is 521. The van der Waals surface area contributed by atoms with Gasteiger partial charge in [-0.3, -0.25) is 4.79 Å². The Kier molecular flexibility index (Phi) is 3.47. The number of hydrogen-bond donors (Lipinski definition) is 2. The lowest BCUT2D eigenvalue weighted by atomic mass is 9.95. The molecule has 21 heavy (non-hydrogen) atoms. The van der Waals surface area contributed by atoms with Crippen LogP contribution in [0.5, 0.6) is 0 Å². The number of fused-ring (bicyclic) bond motifs is 2. The number of nitrogens with one attached hydrogen (secondary N) is 2. The summed E-state index contributed by atoms with van der Waals surface area (Å²) in [7, 11) is 0. The maximum absolute atomic E-state index is 12.6. The molecule has 2 bridgehead atoms. The first-order valence-corrected chi connectivity index (χ1v) is 8.15. The first-order valence-electron chi connectivity index (χ1n) is 8.15. The molecule has 1 aromatic rings. The van der Waals surface area contributed by atoms with E-state index in [0.717, 1.165) is 50.9 Å². The molecule has 3 atom stereocenters. The van der Waals surface area contributed by atoms with Crippen LogP contribution in [-0.4, -0.2) is 41.8 Å². The van der Waals surface area contributed by atoms with Gasteiger partial charge in [-0.2, -0.15) is 0 Å². The van der Waals surface area contributed by atoms with E-state index in [1.807, 2.05) is 18.3 Å². The lowest BCUT2D eigenvalue weighted by Gasteiger charge is -2.27. The van der Waals surface area contributed by atoms with Gasteiger partial charge >= 0.3 is 0 Å². The van der Waals surface area contributed by atoms with Crippen LogP contribution >= 0.6 is 0 Å². The Morgan fingerprint density at radius 2 is 2.14 bits per heavy atom. The Morgan fingerprint density at radius 1 is 1.29 bits per heavy atom. The van der Waals surface area contributed by atoms with Crippen molar-refractivity contribution in [2.75, 3.05) is 13.1 Å². The third-order valence-electron chi connectivity index (χ3n) is 5.14. The zero-order valence-corrected chi connectivity index (χ0v) is 12.3. The van der Waals surface area contributed by atoms with Gasteiger partial charge in [-0.15, -0.1) is 0 Å². The molecular weight excluding hydrogens is 266 g/mol. The molecule has 0 radical (unpaired) electrons. The molecular formula is C16H23N3O2. The van der Waals surface area contributed by atoms with Crippen molar-refractivity contribution in [3.05, 3.63) is 24.0 Å². The van der Waals surface area contributed by atoms with E-state index < -0.39 is 0 Å². The minimum absolute atomic E-state index is 0.0553. The van der Waals surface area contributed by atoms with Crippen molar-refractivity contribution >= 4 is 5.91 Å². The molecule has 114 valence electrons. The normalized spacial score (nSPS) is 32.5. The van der Waals surface area contributed by atoms with E-state index in [2.05, 4.69) is 15.2 Å². The number of aromatic nitrogens is 1. The molecule has 1 amide bonds. The van der Waals surface area contributed by atoms with Gasteiger partial charge in [0.15, 0.2) is 0 Å². The van der Waals surface area contributed by atoms with E-state index in [9.17, 15) is 4.79 Å². The Balaban J connectivity index is 1.46. The standard InChI is InChI=1S/C16H23N3O2/c20-16(18-13-10-12-3-4-15(13)21-12)14-2-1-9-19(14)11-5-7-17-8-6-11/h1-2,9,11-13,15,17H,3-8,10H2,(H,18,20). The summed E-state index contributed by atoms with van der Waals surface area (Å²) in [6.45, 7) is 2.06. The number of carbonyl (C=O) groups is 1. The van der Waals surface area contributed by atoms with E-state index in [4.69, 9.17) is 4.74 Å². The van der Waals surface area contributed by atoms with Crippen LogP contribution in [-0.2, 0) is 4.74 Å². The van der Waals surface area contributed by atoms with Gasteiger partial charge in [0.25, 0.3) is 5.91 Å². The Labute approximate surface area is 125 Å². The number of nitrogens with zero attached hydrogens (tertiary/aromatic N) is 1. The monoisotopic (exact) mass is 289 g/mol. The zero-order chi connectivity index (χ0) is 14.2. The molecule has 5 heteroatoms. The summed E-state index contributed by atoms with van der Waals surface area (Å²) >= 11 is 0. The highest BCUT2D eigenvalue weighted by atomic mass is 16.5. The molecule has 3 aliphatic rings. The van der Waals surface area contributed by atoms with Crippen LogP contribution in [0.15, 0.2) is 18.3 Å². The van der Waals surface area contributed by atoms with Crippen molar-refractivity contribution in [3.63, 3.8) is 0 Å². The molecule has 2 N–H and O–H groups in total. The fourth-order valence-electron chi connectivity index (χ4n) is 4.02. The summed E-state index contributed by atoms with van der Waals surface area (Å²) in [6, 6.07) is 4.56. The molecule has 0 spiro atoms. The van der Waals surface area contributed by atoms with Crippen molar-refractivity contribution < 1.29 is 9.53 Å². The highest BCUT2D eigenvalue weighted by Gasteiger charge is 2.41. The van der Waals surface area contributed by atoms with E-state index in [1.54, 1.807) is 0 Å². The van der Waals surface area contributed by atoms with E-state index in [1.165, 1.54) is 0 Å². The Hall–Kier alpha value is -1.33. The molecule has 5 nitrogen and oxygen atoms in total. The van der Waals surface area contributed by atoms with Gasteiger partial charge < -0.3 is 19.9 Å². The summed E-state index contributed by atoms with van der Waals surface area (Å²) in [5.74, 6) is 0.0553. The van der Waals surface area contributed by atoms with Crippen LogP contribution in [0.25, 0.3) is 0 Å². The molecule has 3 fully saturated rings. The number of hydrogen-bond acceptors (Lipinski definition) is 3.